The van der Waals surface area contributed by atoms with Crippen molar-refractivity contribution in [1.29, 1.82) is 0 Å². The highest BCUT2D eigenvalue weighted by Crippen LogP contribution is 2.32. The Hall–Kier alpha value is -2.88. The van der Waals surface area contributed by atoms with Crippen LogP contribution in [0.3, 0.4) is 0 Å². The third-order valence-corrected chi connectivity index (χ3v) is 3.82. The number of carbonyl (C=O) groups excluding carboxylic acids is 2. The number of aryl methyl sites for hydroxylation is 1. The van der Waals surface area contributed by atoms with Crippen molar-refractivity contribution in [3.8, 4) is 11.3 Å². The number of alkyl halides is 2. The predicted octanol–water partition coefficient (Wildman–Crippen LogP) is 1.88. The second-order valence-corrected chi connectivity index (χ2v) is 5.63. The number of nitrogens with two attached hydrogens (primary N) is 1. The molecule has 0 saturated carbocycles. The molecule has 27 heavy (non-hydrogen) atoms. The smallest absolute Gasteiger partial charge is 0.324 e. The van der Waals surface area contributed by atoms with Crippen LogP contribution >= 0.6 is 0 Å². The van der Waals surface area contributed by atoms with Crippen LogP contribution in [0.2, 0.25) is 0 Å². The van der Waals surface area contributed by atoms with E-state index in [1.165, 1.54) is 10.7 Å². The van der Waals surface area contributed by atoms with E-state index in [-0.39, 0.29) is 35.5 Å². The zero-order chi connectivity index (χ0) is 20.1. The summed E-state index contributed by atoms with van der Waals surface area (Å²) >= 11 is 0. The van der Waals surface area contributed by atoms with Gasteiger partial charge in [0.1, 0.15) is 11.9 Å². The summed E-state index contributed by atoms with van der Waals surface area (Å²) in [4.78, 5) is 23.5. The van der Waals surface area contributed by atoms with Gasteiger partial charge < -0.3 is 15.8 Å². The van der Waals surface area contributed by atoms with Crippen LogP contribution in [0.15, 0.2) is 24.4 Å². The molecule has 0 spiro atoms. The predicted molar refractivity (Wildman–Crippen MR) is 90.6 cm³/mol. The fraction of sp³-hybridized carbons (Fsp3) is 0.353. The summed E-state index contributed by atoms with van der Waals surface area (Å²) in [6.07, 6.45) is -1.79. The van der Waals surface area contributed by atoms with Crippen molar-refractivity contribution in [2.45, 2.75) is 25.9 Å². The zero-order valence-electron chi connectivity index (χ0n) is 14.7. The molecule has 0 aliphatic heterocycles. The summed E-state index contributed by atoms with van der Waals surface area (Å²) in [6.45, 7) is 1.76. The van der Waals surface area contributed by atoms with Crippen LogP contribution in [0.25, 0.3) is 11.3 Å². The minimum absolute atomic E-state index is 0.0345. The van der Waals surface area contributed by atoms with Crippen LogP contribution in [-0.4, -0.2) is 41.4 Å². The van der Waals surface area contributed by atoms with E-state index in [9.17, 15) is 22.8 Å². The van der Waals surface area contributed by atoms with Gasteiger partial charge in [-0.2, -0.15) is 5.10 Å². The normalized spacial score (nSPS) is 12.1. The summed E-state index contributed by atoms with van der Waals surface area (Å²) in [5, 5.41) is 6.25. The molecule has 10 heteroatoms. The van der Waals surface area contributed by atoms with E-state index >= 15 is 0 Å². The summed E-state index contributed by atoms with van der Waals surface area (Å²) in [6, 6.07) is 2.19. The number of rotatable bonds is 7. The number of methoxy groups -OCH3 is 1. The molecular formula is C17H19F3N4O3. The van der Waals surface area contributed by atoms with Gasteiger partial charge in [-0.05, 0) is 25.1 Å². The number of esters is 1. The second-order valence-electron chi connectivity index (χ2n) is 5.63. The van der Waals surface area contributed by atoms with Gasteiger partial charge in [0.15, 0.2) is 0 Å². The summed E-state index contributed by atoms with van der Waals surface area (Å²) in [5.41, 5.74) is 5.18. The van der Waals surface area contributed by atoms with Gasteiger partial charge in [-0.1, -0.05) is 0 Å². The SMILES string of the molecule is CCn1ncc(C(F)F)c1-c1cc(F)cc(C(=O)NC[C@@H](N)C(=O)OC)c1. The van der Waals surface area contributed by atoms with Gasteiger partial charge in [0.2, 0.25) is 0 Å². The van der Waals surface area contributed by atoms with Crippen molar-refractivity contribution in [2.24, 2.45) is 5.73 Å². The molecular weight excluding hydrogens is 365 g/mol. The first-order valence-electron chi connectivity index (χ1n) is 8.04. The van der Waals surface area contributed by atoms with E-state index < -0.39 is 30.2 Å². The lowest BCUT2D eigenvalue weighted by molar-refractivity contribution is -0.141. The number of hydrogen-bond acceptors (Lipinski definition) is 5. The average molecular weight is 384 g/mol. The topological polar surface area (TPSA) is 99.2 Å². The molecule has 0 aliphatic rings. The van der Waals surface area contributed by atoms with Crippen molar-refractivity contribution in [1.82, 2.24) is 15.1 Å². The number of benzene rings is 1. The molecule has 3 N–H and O–H groups in total. The lowest BCUT2D eigenvalue weighted by Gasteiger charge is -2.12. The van der Waals surface area contributed by atoms with Gasteiger partial charge >= 0.3 is 5.97 Å². The largest absolute Gasteiger partial charge is 0.468 e. The molecule has 7 nitrogen and oxygen atoms in total. The van der Waals surface area contributed by atoms with Gasteiger partial charge in [0.25, 0.3) is 12.3 Å². The van der Waals surface area contributed by atoms with Gasteiger partial charge in [-0.15, -0.1) is 0 Å². The molecule has 0 radical (unpaired) electrons. The number of nitrogens with one attached hydrogen (secondary N) is 1. The minimum atomic E-state index is -2.81. The van der Waals surface area contributed by atoms with E-state index in [2.05, 4.69) is 15.2 Å². The monoisotopic (exact) mass is 384 g/mol. The molecule has 1 atom stereocenters. The fourth-order valence-electron chi connectivity index (χ4n) is 2.51. The highest BCUT2D eigenvalue weighted by atomic mass is 19.3. The van der Waals surface area contributed by atoms with Crippen LogP contribution in [0.1, 0.15) is 29.3 Å². The lowest BCUT2D eigenvalue weighted by atomic mass is 10.0. The van der Waals surface area contributed by atoms with Crippen molar-refractivity contribution in [3.05, 3.63) is 41.3 Å². The van der Waals surface area contributed by atoms with Crippen molar-refractivity contribution >= 4 is 11.9 Å². The van der Waals surface area contributed by atoms with Gasteiger partial charge in [-0.25, -0.2) is 13.2 Å². The van der Waals surface area contributed by atoms with E-state index in [0.717, 1.165) is 25.4 Å². The third-order valence-electron chi connectivity index (χ3n) is 3.82. The number of carbonyl (C=O) groups is 2. The maximum Gasteiger partial charge on any atom is 0.324 e. The van der Waals surface area contributed by atoms with Crippen LogP contribution in [-0.2, 0) is 16.1 Å². The highest BCUT2D eigenvalue weighted by molar-refractivity contribution is 5.95. The maximum absolute atomic E-state index is 14.0. The Balaban J connectivity index is 2.33. The Morgan fingerprint density at radius 3 is 2.63 bits per heavy atom. The summed E-state index contributed by atoms with van der Waals surface area (Å²) in [5.74, 6) is -2.21. The van der Waals surface area contributed by atoms with Gasteiger partial charge in [-0.3, -0.25) is 14.3 Å². The standard InChI is InChI=1S/C17H19F3N4O3/c1-3-24-14(12(7-23-24)15(19)20)9-4-10(6-11(18)5-9)16(25)22-8-13(21)17(26)27-2/h4-7,13,15H,3,8,21H2,1-2H3,(H,22,25)/t13-/m1/s1. The van der Waals surface area contributed by atoms with Gasteiger partial charge in [0, 0.05) is 24.2 Å². The third kappa shape index (κ3) is 4.64. The summed E-state index contributed by atoms with van der Waals surface area (Å²) in [7, 11) is 1.15. The number of amides is 1. The molecule has 2 aromatic rings. The molecule has 0 unspecified atom stereocenters. The van der Waals surface area contributed by atoms with Crippen LogP contribution in [0.4, 0.5) is 13.2 Å². The molecule has 146 valence electrons. The number of aromatic nitrogens is 2. The molecule has 1 heterocycles. The second kappa shape index (κ2) is 8.67. The molecule has 0 bridgehead atoms. The zero-order valence-corrected chi connectivity index (χ0v) is 14.7. The molecule has 1 aromatic carbocycles. The average Bonchev–Trinajstić information content (AvgIpc) is 3.09. The lowest BCUT2D eigenvalue weighted by Crippen LogP contribution is -2.43. The molecule has 1 aromatic heterocycles. The van der Waals surface area contributed by atoms with E-state index in [1.54, 1.807) is 6.92 Å². The minimum Gasteiger partial charge on any atom is -0.468 e. The number of hydrogen-bond donors (Lipinski definition) is 2. The Labute approximate surface area is 153 Å². The first kappa shape index (κ1) is 20.4. The first-order valence-corrected chi connectivity index (χ1v) is 8.04. The van der Waals surface area contributed by atoms with Crippen LogP contribution in [0.5, 0.6) is 0 Å². The number of halogens is 3. The first-order chi connectivity index (χ1) is 12.8. The quantitative estimate of drug-likeness (QED) is 0.710. The Bertz CT molecular complexity index is 839. The Morgan fingerprint density at radius 1 is 1.33 bits per heavy atom. The van der Waals surface area contributed by atoms with E-state index in [4.69, 9.17) is 5.73 Å². The molecule has 0 saturated heterocycles. The van der Waals surface area contributed by atoms with Crippen molar-refractivity contribution < 1.29 is 27.5 Å². The Morgan fingerprint density at radius 2 is 2.04 bits per heavy atom. The Kier molecular flexibility index (Phi) is 6.56. The number of ether oxygens (including phenoxy) is 1. The van der Waals surface area contributed by atoms with Gasteiger partial charge in [0.05, 0.1) is 24.6 Å². The van der Waals surface area contributed by atoms with E-state index in [1.807, 2.05) is 0 Å². The molecule has 0 fully saturated rings. The summed E-state index contributed by atoms with van der Waals surface area (Å²) < 4.78 is 46.3. The van der Waals surface area contributed by atoms with E-state index in [0.29, 0.717) is 0 Å². The number of nitrogens with zero attached hydrogens (tertiary/aromatic N) is 2. The highest BCUT2D eigenvalue weighted by Gasteiger charge is 2.22. The van der Waals surface area contributed by atoms with Crippen molar-refractivity contribution in [2.75, 3.05) is 13.7 Å². The van der Waals surface area contributed by atoms with Crippen molar-refractivity contribution in [3.63, 3.8) is 0 Å². The molecule has 0 aliphatic carbocycles. The fourth-order valence-corrected chi connectivity index (χ4v) is 2.51. The van der Waals surface area contributed by atoms with Crippen LogP contribution in [0, 0.1) is 5.82 Å². The van der Waals surface area contributed by atoms with Crippen LogP contribution < -0.4 is 11.1 Å². The molecule has 2 rings (SSSR count). The maximum atomic E-state index is 14.0. The molecule has 1 amide bonds.